The number of tetrazole rings is 1. The van der Waals surface area contributed by atoms with Gasteiger partial charge >= 0.3 is 0 Å². The molecule has 0 saturated carbocycles. The first-order valence-electron chi connectivity index (χ1n) is 9.12. The quantitative estimate of drug-likeness (QED) is 0.648. The molecule has 1 fully saturated rings. The van der Waals surface area contributed by atoms with Gasteiger partial charge in [-0.25, -0.2) is 0 Å². The number of rotatable bonds is 5. The second-order valence-electron chi connectivity index (χ2n) is 6.71. The van der Waals surface area contributed by atoms with Crippen molar-refractivity contribution in [2.45, 2.75) is 13.5 Å². The summed E-state index contributed by atoms with van der Waals surface area (Å²) in [5.41, 5.74) is 2.89. The van der Waals surface area contributed by atoms with Gasteiger partial charge < -0.3 is 4.90 Å². The lowest BCUT2D eigenvalue weighted by Gasteiger charge is -2.35. The maximum atomic E-state index is 11.4. The first-order valence-corrected chi connectivity index (χ1v) is 9.12. The molecule has 7 heteroatoms. The Labute approximate surface area is 158 Å². The average molecular weight is 362 g/mol. The zero-order chi connectivity index (χ0) is 18.6. The molecule has 0 unspecified atom stereocenters. The van der Waals surface area contributed by atoms with Gasteiger partial charge in [0, 0.05) is 37.4 Å². The van der Waals surface area contributed by atoms with Gasteiger partial charge in [-0.2, -0.15) is 4.68 Å². The third kappa shape index (κ3) is 3.88. The number of benzene rings is 2. The number of Topliss-reactive ketones (excluding diaryl/α,β-unsaturated/α-hetero) is 1. The summed E-state index contributed by atoms with van der Waals surface area (Å²) in [6.07, 6.45) is 0. The van der Waals surface area contributed by atoms with Crippen molar-refractivity contribution in [3.63, 3.8) is 0 Å². The highest BCUT2D eigenvalue weighted by Gasteiger charge is 2.20. The standard InChI is InChI=1S/C20H22N6O/c1-16(27)17-7-9-18(10-8-17)25-13-11-24(12-14-25)15-20-21-22-23-26(20)19-5-3-2-4-6-19/h2-10H,11-15H2,1H3. The molecule has 0 spiro atoms. The van der Waals surface area contributed by atoms with Crippen LogP contribution in [0.3, 0.4) is 0 Å². The minimum atomic E-state index is 0.0995. The molecule has 1 saturated heterocycles. The van der Waals surface area contributed by atoms with Gasteiger partial charge in [-0.15, -0.1) is 5.10 Å². The second-order valence-corrected chi connectivity index (χ2v) is 6.71. The van der Waals surface area contributed by atoms with Crippen molar-refractivity contribution < 1.29 is 4.79 Å². The molecule has 0 aliphatic carbocycles. The number of nitrogens with zero attached hydrogens (tertiary/aromatic N) is 6. The number of ketones is 1. The van der Waals surface area contributed by atoms with E-state index in [9.17, 15) is 4.79 Å². The van der Waals surface area contributed by atoms with E-state index in [0.717, 1.165) is 55.5 Å². The molecular formula is C20H22N6O. The van der Waals surface area contributed by atoms with Crippen LogP contribution in [0.5, 0.6) is 0 Å². The highest BCUT2D eigenvalue weighted by atomic mass is 16.1. The molecule has 1 aliphatic rings. The molecule has 2 heterocycles. The van der Waals surface area contributed by atoms with E-state index < -0.39 is 0 Å². The molecule has 0 N–H and O–H groups in total. The van der Waals surface area contributed by atoms with Gasteiger partial charge in [0.2, 0.25) is 0 Å². The van der Waals surface area contributed by atoms with Crippen LogP contribution in [0.1, 0.15) is 23.1 Å². The van der Waals surface area contributed by atoms with E-state index >= 15 is 0 Å². The van der Waals surface area contributed by atoms with E-state index in [1.807, 2.05) is 54.6 Å². The fourth-order valence-electron chi connectivity index (χ4n) is 3.35. The summed E-state index contributed by atoms with van der Waals surface area (Å²) in [5.74, 6) is 0.947. The Kier molecular flexibility index (Phi) is 4.93. The van der Waals surface area contributed by atoms with Gasteiger partial charge in [-0.05, 0) is 53.7 Å². The Bertz CT molecular complexity index is 898. The van der Waals surface area contributed by atoms with Crippen molar-refractivity contribution >= 4 is 11.5 Å². The van der Waals surface area contributed by atoms with Crippen LogP contribution in [-0.4, -0.2) is 57.1 Å². The van der Waals surface area contributed by atoms with Crippen molar-refractivity contribution in [3.05, 3.63) is 66.0 Å². The van der Waals surface area contributed by atoms with Crippen molar-refractivity contribution in [3.8, 4) is 5.69 Å². The summed E-state index contributed by atoms with van der Waals surface area (Å²) in [4.78, 5) is 16.1. The van der Waals surface area contributed by atoms with E-state index in [1.165, 1.54) is 0 Å². The van der Waals surface area contributed by atoms with Crippen LogP contribution in [0.4, 0.5) is 5.69 Å². The Morgan fingerprint density at radius 3 is 2.30 bits per heavy atom. The smallest absolute Gasteiger partial charge is 0.170 e. The normalized spacial score (nSPS) is 15.1. The van der Waals surface area contributed by atoms with Crippen LogP contribution < -0.4 is 4.90 Å². The SMILES string of the molecule is CC(=O)c1ccc(N2CCN(Cc3nnnn3-c3ccccc3)CC2)cc1. The number of carbonyl (C=O) groups excluding carboxylic acids is 1. The highest BCUT2D eigenvalue weighted by Crippen LogP contribution is 2.18. The van der Waals surface area contributed by atoms with E-state index in [4.69, 9.17) is 0 Å². The van der Waals surface area contributed by atoms with Crippen molar-refractivity contribution in [1.82, 2.24) is 25.1 Å². The molecular weight excluding hydrogens is 340 g/mol. The van der Waals surface area contributed by atoms with E-state index in [2.05, 4.69) is 25.3 Å². The monoisotopic (exact) mass is 362 g/mol. The van der Waals surface area contributed by atoms with Crippen LogP contribution >= 0.6 is 0 Å². The summed E-state index contributed by atoms with van der Waals surface area (Å²) < 4.78 is 1.80. The van der Waals surface area contributed by atoms with Crippen LogP contribution in [-0.2, 0) is 6.54 Å². The highest BCUT2D eigenvalue weighted by molar-refractivity contribution is 5.94. The molecule has 2 aromatic carbocycles. The Morgan fingerprint density at radius 1 is 0.926 bits per heavy atom. The summed E-state index contributed by atoms with van der Waals surface area (Å²) in [7, 11) is 0. The zero-order valence-corrected chi connectivity index (χ0v) is 15.3. The van der Waals surface area contributed by atoms with Crippen LogP contribution in [0.25, 0.3) is 5.69 Å². The number of hydrogen-bond donors (Lipinski definition) is 0. The summed E-state index contributed by atoms with van der Waals surface area (Å²) in [6.45, 7) is 6.07. The molecule has 27 heavy (non-hydrogen) atoms. The van der Waals surface area contributed by atoms with Gasteiger partial charge in [0.1, 0.15) is 0 Å². The zero-order valence-electron chi connectivity index (χ0n) is 15.3. The second kappa shape index (κ2) is 7.67. The number of anilines is 1. The molecule has 0 amide bonds. The van der Waals surface area contributed by atoms with Gasteiger partial charge in [0.05, 0.1) is 12.2 Å². The maximum Gasteiger partial charge on any atom is 0.170 e. The van der Waals surface area contributed by atoms with E-state index in [1.54, 1.807) is 11.6 Å². The van der Waals surface area contributed by atoms with Gasteiger partial charge in [0.15, 0.2) is 11.6 Å². The summed E-state index contributed by atoms with van der Waals surface area (Å²) in [5, 5.41) is 12.2. The van der Waals surface area contributed by atoms with Crippen LogP contribution in [0.15, 0.2) is 54.6 Å². The number of piperazine rings is 1. The van der Waals surface area contributed by atoms with Crippen molar-refractivity contribution in [1.29, 1.82) is 0 Å². The minimum absolute atomic E-state index is 0.0995. The molecule has 0 radical (unpaired) electrons. The topological polar surface area (TPSA) is 67.2 Å². The molecule has 0 bridgehead atoms. The Morgan fingerprint density at radius 2 is 1.63 bits per heavy atom. The number of carbonyl (C=O) groups is 1. The summed E-state index contributed by atoms with van der Waals surface area (Å²) in [6, 6.07) is 17.8. The number of hydrogen-bond acceptors (Lipinski definition) is 6. The largest absolute Gasteiger partial charge is 0.369 e. The lowest BCUT2D eigenvalue weighted by Crippen LogP contribution is -2.46. The van der Waals surface area contributed by atoms with Gasteiger partial charge in [0.25, 0.3) is 0 Å². The predicted molar refractivity (Wildman–Crippen MR) is 103 cm³/mol. The fraction of sp³-hybridized carbons (Fsp3) is 0.300. The lowest BCUT2D eigenvalue weighted by molar-refractivity contribution is 0.101. The first-order chi connectivity index (χ1) is 13.2. The molecule has 3 aromatic rings. The Hall–Kier alpha value is -3.06. The third-order valence-corrected chi connectivity index (χ3v) is 4.91. The number of para-hydroxylation sites is 1. The molecule has 4 rings (SSSR count). The van der Waals surface area contributed by atoms with Crippen molar-refractivity contribution in [2.75, 3.05) is 31.1 Å². The molecule has 1 aromatic heterocycles. The summed E-state index contributed by atoms with van der Waals surface area (Å²) >= 11 is 0. The molecule has 7 nitrogen and oxygen atoms in total. The number of aromatic nitrogens is 4. The van der Waals surface area contributed by atoms with Crippen LogP contribution in [0, 0.1) is 0 Å². The fourth-order valence-corrected chi connectivity index (χ4v) is 3.35. The minimum Gasteiger partial charge on any atom is -0.369 e. The first kappa shape index (κ1) is 17.4. The lowest BCUT2D eigenvalue weighted by atomic mass is 10.1. The van der Waals surface area contributed by atoms with Gasteiger partial charge in [-0.1, -0.05) is 18.2 Å². The molecule has 138 valence electrons. The maximum absolute atomic E-state index is 11.4. The van der Waals surface area contributed by atoms with E-state index in [-0.39, 0.29) is 5.78 Å². The van der Waals surface area contributed by atoms with Gasteiger partial charge in [-0.3, -0.25) is 9.69 Å². The molecule has 0 atom stereocenters. The Balaban J connectivity index is 1.38. The van der Waals surface area contributed by atoms with Crippen molar-refractivity contribution in [2.24, 2.45) is 0 Å². The molecule has 1 aliphatic heterocycles. The van der Waals surface area contributed by atoms with Crippen LogP contribution in [0.2, 0.25) is 0 Å². The van der Waals surface area contributed by atoms with E-state index in [0.29, 0.717) is 0 Å². The third-order valence-electron chi connectivity index (χ3n) is 4.91. The average Bonchev–Trinajstić information content (AvgIpc) is 3.17. The predicted octanol–water partition coefficient (Wildman–Crippen LogP) is 2.19.